The second-order valence-corrected chi connectivity index (χ2v) is 6.78. The molecule has 0 aliphatic rings. The van der Waals surface area contributed by atoms with Gasteiger partial charge in [-0.3, -0.25) is 0 Å². The van der Waals surface area contributed by atoms with E-state index in [4.69, 9.17) is 0 Å². The number of hydrogen-bond donors (Lipinski definition) is 1. The summed E-state index contributed by atoms with van der Waals surface area (Å²) in [7, 11) is -3.09. The normalized spacial score (nSPS) is 14.0. The Morgan fingerprint density at radius 3 is 2.80 bits per heavy atom. The Labute approximate surface area is 95.4 Å². The summed E-state index contributed by atoms with van der Waals surface area (Å²) in [5.74, 6) is 0.174. The van der Waals surface area contributed by atoms with Crippen molar-refractivity contribution >= 4 is 21.2 Å². The molecule has 1 unspecified atom stereocenters. The molecule has 0 radical (unpaired) electrons. The third-order valence-electron chi connectivity index (χ3n) is 2.01. The molecule has 3 nitrogen and oxygen atoms in total. The summed E-state index contributed by atoms with van der Waals surface area (Å²) < 4.78 is 24.1. The summed E-state index contributed by atoms with van der Waals surface area (Å²) in [6.45, 7) is 4.83. The van der Waals surface area contributed by atoms with Gasteiger partial charge >= 0.3 is 0 Å². The van der Waals surface area contributed by atoms with Crippen molar-refractivity contribution in [3.63, 3.8) is 0 Å². The number of hydrogen-bond acceptors (Lipinski definition) is 4. The molecule has 1 aromatic heterocycles. The zero-order valence-corrected chi connectivity index (χ0v) is 10.7. The van der Waals surface area contributed by atoms with Crippen LogP contribution in [0.2, 0.25) is 0 Å². The molecule has 86 valence electrons. The predicted molar refractivity (Wildman–Crippen MR) is 64.1 cm³/mol. The van der Waals surface area contributed by atoms with Crippen LogP contribution in [-0.2, 0) is 9.84 Å². The van der Waals surface area contributed by atoms with E-state index >= 15 is 0 Å². The molecular formula is C10H17NO2S2. The van der Waals surface area contributed by atoms with E-state index in [1.54, 1.807) is 17.5 Å². The van der Waals surface area contributed by atoms with Crippen LogP contribution in [0.1, 0.15) is 20.3 Å². The van der Waals surface area contributed by atoms with Crippen LogP contribution in [0.4, 0.5) is 0 Å². The fraction of sp³-hybridized carbons (Fsp3) is 0.600. The van der Waals surface area contributed by atoms with Crippen molar-refractivity contribution in [3.8, 4) is 0 Å². The molecule has 0 saturated heterocycles. The summed E-state index contributed by atoms with van der Waals surface area (Å²) in [4.78, 5) is 0. The molecule has 0 spiro atoms. The Kier molecular flexibility index (Phi) is 4.76. The van der Waals surface area contributed by atoms with Crippen molar-refractivity contribution in [2.45, 2.75) is 30.5 Å². The zero-order valence-electron chi connectivity index (χ0n) is 9.06. The van der Waals surface area contributed by atoms with E-state index in [1.165, 1.54) is 11.3 Å². The Morgan fingerprint density at radius 2 is 2.27 bits per heavy atom. The van der Waals surface area contributed by atoms with Gasteiger partial charge in [0.2, 0.25) is 0 Å². The number of nitrogens with one attached hydrogen (secondary N) is 1. The lowest BCUT2D eigenvalue weighted by Crippen LogP contribution is -2.33. The van der Waals surface area contributed by atoms with Crippen molar-refractivity contribution in [1.29, 1.82) is 0 Å². The van der Waals surface area contributed by atoms with Crippen LogP contribution in [0.3, 0.4) is 0 Å². The molecule has 1 atom stereocenters. The second-order valence-electron chi connectivity index (χ2n) is 3.57. The number of sulfone groups is 1. The Bertz CT molecular complexity index is 370. The van der Waals surface area contributed by atoms with Gasteiger partial charge < -0.3 is 5.32 Å². The molecule has 1 heterocycles. The fourth-order valence-electron chi connectivity index (χ4n) is 1.30. The first kappa shape index (κ1) is 12.7. The minimum Gasteiger partial charge on any atom is -0.313 e. The van der Waals surface area contributed by atoms with Gasteiger partial charge in [0.05, 0.1) is 5.75 Å². The summed E-state index contributed by atoms with van der Waals surface area (Å²) in [5.41, 5.74) is 0. The largest absolute Gasteiger partial charge is 0.313 e. The molecule has 0 bridgehead atoms. The monoisotopic (exact) mass is 247 g/mol. The average Bonchev–Trinajstić information content (AvgIpc) is 2.67. The maximum absolute atomic E-state index is 11.8. The minimum absolute atomic E-state index is 0.0112. The van der Waals surface area contributed by atoms with Gasteiger partial charge in [0, 0.05) is 6.04 Å². The van der Waals surface area contributed by atoms with Gasteiger partial charge in [0.1, 0.15) is 4.21 Å². The van der Waals surface area contributed by atoms with Crippen molar-refractivity contribution in [1.82, 2.24) is 5.32 Å². The van der Waals surface area contributed by atoms with E-state index in [0.717, 1.165) is 13.0 Å². The van der Waals surface area contributed by atoms with E-state index in [0.29, 0.717) is 4.21 Å². The lowest BCUT2D eigenvalue weighted by atomic mass is 10.3. The molecule has 5 heteroatoms. The Balaban J connectivity index is 2.57. The first-order valence-corrected chi connectivity index (χ1v) is 7.59. The molecule has 1 aromatic rings. The van der Waals surface area contributed by atoms with E-state index in [2.05, 4.69) is 12.2 Å². The van der Waals surface area contributed by atoms with Gasteiger partial charge in [-0.2, -0.15) is 0 Å². The highest BCUT2D eigenvalue weighted by Crippen LogP contribution is 2.17. The molecule has 1 N–H and O–H groups in total. The van der Waals surface area contributed by atoms with Crippen LogP contribution in [0.15, 0.2) is 21.7 Å². The fourth-order valence-corrected chi connectivity index (χ4v) is 3.93. The predicted octanol–water partition coefficient (Wildman–Crippen LogP) is 1.91. The zero-order chi connectivity index (χ0) is 11.3. The molecule has 0 fully saturated rings. The minimum atomic E-state index is -3.09. The molecule has 0 amide bonds. The van der Waals surface area contributed by atoms with Crippen molar-refractivity contribution in [2.24, 2.45) is 0 Å². The summed E-state index contributed by atoms with van der Waals surface area (Å²) in [6, 6.07) is 3.44. The van der Waals surface area contributed by atoms with Gasteiger partial charge in [0.15, 0.2) is 9.84 Å². The molecule has 1 rings (SSSR count). The summed E-state index contributed by atoms with van der Waals surface area (Å²) >= 11 is 1.28. The van der Waals surface area contributed by atoms with Gasteiger partial charge in [-0.25, -0.2) is 8.42 Å². The average molecular weight is 247 g/mol. The Hall–Kier alpha value is -0.390. The maximum atomic E-state index is 11.8. The lowest BCUT2D eigenvalue weighted by molar-refractivity contribution is 0.556. The van der Waals surface area contributed by atoms with Crippen LogP contribution < -0.4 is 5.32 Å². The van der Waals surface area contributed by atoms with Gasteiger partial charge in [0.25, 0.3) is 0 Å². The van der Waals surface area contributed by atoms with E-state index < -0.39 is 9.84 Å². The molecule has 0 saturated carbocycles. The smallest absolute Gasteiger partial charge is 0.189 e. The maximum Gasteiger partial charge on any atom is 0.189 e. The van der Waals surface area contributed by atoms with E-state index in [-0.39, 0.29) is 11.8 Å². The van der Waals surface area contributed by atoms with Crippen LogP contribution in [0, 0.1) is 0 Å². The van der Waals surface area contributed by atoms with Crippen LogP contribution in [0.5, 0.6) is 0 Å². The van der Waals surface area contributed by atoms with Crippen molar-refractivity contribution < 1.29 is 8.42 Å². The summed E-state index contributed by atoms with van der Waals surface area (Å²) in [6.07, 6.45) is 1.02. The number of thiophene rings is 1. The van der Waals surface area contributed by atoms with Gasteiger partial charge in [-0.1, -0.05) is 13.0 Å². The van der Waals surface area contributed by atoms with Gasteiger partial charge in [-0.05, 0) is 31.3 Å². The second kappa shape index (κ2) is 5.63. The SMILES string of the molecule is CCCNC(C)CS(=O)(=O)c1cccs1. The van der Waals surface area contributed by atoms with Crippen LogP contribution in [0.25, 0.3) is 0 Å². The molecule has 0 aromatic carbocycles. The van der Waals surface area contributed by atoms with Crippen LogP contribution >= 0.6 is 11.3 Å². The van der Waals surface area contributed by atoms with Gasteiger partial charge in [-0.15, -0.1) is 11.3 Å². The molecular weight excluding hydrogens is 230 g/mol. The number of rotatable bonds is 6. The standard InChI is InChI=1S/C10H17NO2S2/c1-3-6-11-9(2)8-15(12,13)10-5-4-7-14-10/h4-5,7,9,11H,3,6,8H2,1-2H3. The highest BCUT2D eigenvalue weighted by Gasteiger charge is 2.18. The summed E-state index contributed by atoms with van der Waals surface area (Å²) in [5, 5.41) is 4.96. The molecule has 0 aliphatic carbocycles. The highest BCUT2D eigenvalue weighted by atomic mass is 32.2. The Morgan fingerprint density at radius 1 is 1.53 bits per heavy atom. The lowest BCUT2D eigenvalue weighted by Gasteiger charge is -2.12. The first-order valence-electron chi connectivity index (χ1n) is 5.06. The van der Waals surface area contributed by atoms with Crippen molar-refractivity contribution in [3.05, 3.63) is 17.5 Å². The van der Waals surface area contributed by atoms with E-state index in [9.17, 15) is 8.42 Å². The third kappa shape index (κ3) is 3.93. The van der Waals surface area contributed by atoms with E-state index in [1.807, 2.05) is 6.92 Å². The topological polar surface area (TPSA) is 46.2 Å². The highest BCUT2D eigenvalue weighted by molar-refractivity contribution is 7.93. The van der Waals surface area contributed by atoms with Crippen molar-refractivity contribution in [2.75, 3.05) is 12.3 Å². The molecule has 0 aliphatic heterocycles. The first-order chi connectivity index (χ1) is 7.06. The quantitative estimate of drug-likeness (QED) is 0.835. The van der Waals surface area contributed by atoms with Crippen LogP contribution in [-0.4, -0.2) is 26.8 Å². The third-order valence-corrected chi connectivity index (χ3v) is 5.41. The molecule has 15 heavy (non-hydrogen) atoms.